The van der Waals surface area contributed by atoms with E-state index >= 15 is 0 Å². The van der Waals surface area contributed by atoms with Crippen molar-refractivity contribution in [2.24, 2.45) is 5.92 Å². The second-order valence-corrected chi connectivity index (χ2v) is 11.2. The first-order valence-electron chi connectivity index (χ1n) is 12.5. The summed E-state index contributed by atoms with van der Waals surface area (Å²) in [5, 5.41) is 5.65. The molecule has 0 spiro atoms. The summed E-state index contributed by atoms with van der Waals surface area (Å²) >= 11 is 4.35. The highest BCUT2D eigenvalue weighted by molar-refractivity contribution is 7.80. The average molecular weight is 508 g/mol. The van der Waals surface area contributed by atoms with Crippen LogP contribution in [0.3, 0.4) is 0 Å². The number of nitrogens with one attached hydrogen (secondary N) is 2. The SMILES string of the molecule is Cc1ccccc1C(C(=O)NC(C)C)N(C(=O)C(CS)NC(=O)OC(C)(C)C)C(C)CCC(C)C. The molecule has 0 fully saturated rings. The second-order valence-electron chi connectivity index (χ2n) is 10.9. The fraction of sp³-hybridized carbons (Fsp3) is 0.667. The Labute approximate surface area is 217 Å². The van der Waals surface area contributed by atoms with Crippen LogP contribution >= 0.6 is 12.6 Å². The number of benzene rings is 1. The number of aryl methyl sites for hydroxylation is 1. The van der Waals surface area contributed by atoms with Gasteiger partial charge in [0.2, 0.25) is 11.8 Å². The first-order valence-corrected chi connectivity index (χ1v) is 13.1. The molecule has 1 aromatic carbocycles. The molecule has 3 unspecified atom stereocenters. The standard InChI is InChI=1S/C27H45N3O4S/c1-17(2)14-15-20(6)30(25(32)22(16-35)29-26(33)34-27(7,8)9)23(24(31)28-18(3)4)21-13-11-10-12-19(21)5/h10-13,17-18,20,22-23,35H,14-16H2,1-9H3,(H,28,31)(H,29,33). The summed E-state index contributed by atoms with van der Waals surface area (Å²) in [6.45, 7) is 17.2. The van der Waals surface area contributed by atoms with Gasteiger partial charge in [-0.05, 0) is 78.4 Å². The number of rotatable bonds is 11. The van der Waals surface area contributed by atoms with Gasteiger partial charge in [0.25, 0.3) is 0 Å². The maximum atomic E-state index is 14.0. The van der Waals surface area contributed by atoms with Gasteiger partial charge in [-0.15, -0.1) is 0 Å². The van der Waals surface area contributed by atoms with E-state index in [9.17, 15) is 14.4 Å². The van der Waals surface area contributed by atoms with Crippen molar-refractivity contribution in [3.63, 3.8) is 0 Å². The van der Waals surface area contributed by atoms with E-state index in [1.807, 2.05) is 52.0 Å². The molecule has 0 saturated carbocycles. The summed E-state index contributed by atoms with van der Waals surface area (Å²) in [5.74, 6) is -0.113. The van der Waals surface area contributed by atoms with Crippen LogP contribution in [0.5, 0.6) is 0 Å². The summed E-state index contributed by atoms with van der Waals surface area (Å²) < 4.78 is 5.37. The zero-order valence-electron chi connectivity index (χ0n) is 22.8. The molecule has 3 atom stereocenters. The highest BCUT2D eigenvalue weighted by Crippen LogP contribution is 2.29. The molecule has 0 heterocycles. The van der Waals surface area contributed by atoms with Crippen molar-refractivity contribution < 1.29 is 19.1 Å². The molecule has 0 saturated heterocycles. The van der Waals surface area contributed by atoms with Gasteiger partial charge < -0.3 is 20.3 Å². The zero-order chi connectivity index (χ0) is 26.9. The number of carbonyl (C=O) groups excluding carboxylic acids is 3. The first kappa shape index (κ1) is 30.8. The van der Waals surface area contributed by atoms with Gasteiger partial charge in [-0.1, -0.05) is 38.1 Å². The Balaban J connectivity index is 3.52. The summed E-state index contributed by atoms with van der Waals surface area (Å²) in [6, 6.07) is 5.44. The quantitative estimate of drug-likeness (QED) is 0.366. The Morgan fingerprint density at radius 1 is 1.00 bits per heavy atom. The van der Waals surface area contributed by atoms with Crippen molar-refractivity contribution in [3.8, 4) is 0 Å². The molecule has 35 heavy (non-hydrogen) atoms. The van der Waals surface area contributed by atoms with Crippen molar-refractivity contribution in [3.05, 3.63) is 35.4 Å². The molecule has 2 N–H and O–H groups in total. The van der Waals surface area contributed by atoms with Gasteiger partial charge in [0.05, 0.1) is 0 Å². The van der Waals surface area contributed by atoms with Crippen LogP contribution in [0, 0.1) is 12.8 Å². The molecule has 7 nitrogen and oxygen atoms in total. The summed E-state index contributed by atoms with van der Waals surface area (Å²) in [7, 11) is 0. The number of thiol groups is 1. The monoisotopic (exact) mass is 507 g/mol. The van der Waals surface area contributed by atoms with Crippen LogP contribution in [0.4, 0.5) is 4.79 Å². The number of hydrogen-bond donors (Lipinski definition) is 3. The van der Waals surface area contributed by atoms with Crippen molar-refractivity contribution in [2.45, 2.75) is 105 Å². The Morgan fingerprint density at radius 2 is 1.60 bits per heavy atom. The molecule has 1 rings (SSSR count). The minimum atomic E-state index is -0.951. The second kappa shape index (κ2) is 13.8. The number of ether oxygens (including phenoxy) is 1. The van der Waals surface area contributed by atoms with Crippen molar-refractivity contribution in [1.29, 1.82) is 0 Å². The van der Waals surface area contributed by atoms with Crippen LogP contribution in [-0.2, 0) is 14.3 Å². The fourth-order valence-corrected chi connectivity index (χ4v) is 4.05. The zero-order valence-corrected chi connectivity index (χ0v) is 23.7. The van der Waals surface area contributed by atoms with E-state index in [1.165, 1.54) is 0 Å². The fourth-order valence-electron chi connectivity index (χ4n) is 3.80. The van der Waals surface area contributed by atoms with Gasteiger partial charge in [-0.3, -0.25) is 9.59 Å². The molecule has 198 valence electrons. The van der Waals surface area contributed by atoms with Crippen LogP contribution in [0.2, 0.25) is 0 Å². The predicted molar refractivity (Wildman–Crippen MR) is 145 cm³/mol. The molecular weight excluding hydrogens is 462 g/mol. The van der Waals surface area contributed by atoms with Gasteiger partial charge in [0, 0.05) is 17.8 Å². The van der Waals surface area contributed by atoms with Gasteiger partial charge in [0.1, 0.15) is 17.7 Å². The third-order valence-corrected chi connectivity index (χ3v) is 5.87. The van der Waals surface area contributed by atoms with Crippen molar-refractivity contribution in [2.75, 3.05) is 5.75 Å². The highest BCUT2D eigenvalue weighted by Gasteiger charge is 2.39. The van der Waals surface area contributed by atoms with Crippen LogP contribution < -0.4 is 10.6 Å². The number of hydrogen-bond acceptors (Lipinski definition) is 5. The largest absolute Gasteiger partial charge is 0.444 e. The maximum absolute atomic E-state index is 14.0. The van der Waals surface area contributed by atoms with Crippen LogP contribution in [0.1, 0.15) is 85.4 Å². The minimum absolute atomic E-state index is 0.0672. The maximum Gasteiger partial charge on any atom is 0.408 e. The topological polar surface area (TPSA) is 87.7 Å². The lowest BCUT2D eigenvalue weighted by Gasteiger charge is -2.39. The predicted octanol–water partition coefficient (Wildman–Crippen LogP) is 5.04. The Kier molecular flexibility index (Phi) is 12.1. The van der Waals surface area contributed by atoms with Crippen LogP contribution in [-0.4, -0.2) is 52.3 Å². The molecule has 0 radical (unpaired) electrons. The summed E-state index contributed by atoms with van der Waals surface area (Å²) in [5.41, 5.74) is 0.956. The number of carbonyl (C=O) groups is 3. The van der Waals surface area contributed by atoms with Gasteiger partial charge >= 0.3 is 6.09 Å². The molecule has 0 bridgehead atoms. The van der Waals surface area contributed by atoms with Crippen molar-refractivity contribution >= 4 is 30.5 Å². The molecule has 1 aromatic rings. The van der Waals surface area contributed by atoms with Crippen LogP contribution in [0.15, 0.2) is 24.3 Å². The van der Waals surface area contributed by atoms with Gasteiger partial charge in [-0.2, -0.15) is 12.6 Å². The van der Waals surface area contributed by atoms with E-state index < -0.39 is 23.8 Å². The van der Waals surface area contributed by atoms with E-state index in [1.54, 1.807) is 25.7 Å². The number of nitrogens with zero attached hydrogens (tertiary/aromatic N) is 1. The van der Waals surface area contributed by atoms with E-state index in [0.29, 0.717) is 12.3 Å². The Hall–Kier alpha value is -2.22. The minimum Gasteiger partial charge on any atom is -0.444 e. The van der Waals surface area contributed by atoms with Crippen LogP contribution in [0.25, 0.3) is 0 Å². The molecule has 0 aliphatic rings. The lowest BCUT2D eigenvalue weighted by molar-refractivity contribution is -0.145. The van der Waals surface area contributed by atoms with Gasteiger partial charge in [-0.25, -0.2) is 4.79 Å². The lowest BCUT2D eigenvalue weighted by atomic mass is 9.94. The lowest BCUT2D eigenvalue weighted by Crippen LogP contribution is -2.56. The smallest absolute Gasteiger partial charge is 0.408 e. The third kappa shape index (κ3) is 10.1. The molecule has 3 amide bonds. The highest BCUT2D eigenvalue weighted by atomic mass is 32.1. The molecule has 8 heteroatoms. The number of amides is 3. The van der Waals surface area contributed by atoms with E-state index in [-0.39, 0.29) is 29.7 Å². The summed E-state index contributed by atoms with van der Waals surface area (Å²) in [6.07, 6.45) is 0.910. The third-order valence-electron chi connectivity index (χ3n) is 5.50. The molecule has 0 aromatic heterocycles. The van der Waals surface area contributed by atoms with Gasteiger partial charge in [0.15, 0.2) is 0 Å². The van der Waals surface area contributed by atoms with E-state index in [0.717, 1.165) is 17.5 Å². The first-order chi connectivity index (χ1) is 16.2. The molecule has 0 aliphatic heterocycles. The average Bonchev–Trinajstić information content (AvgIpc) is 2.72. The Morgan fingerprint density at radius 3 is 2.09 bits per heavy atom. The number of alkyl carbamates (subject to hydrolysis) is 1. The molecule has 0 aliphatic carbocycles. The molecular formula is C27H45N3O4S. The van der Waals surface area contributed by atoms with E-state index in [4.69, 9.17) is 4.74 Å². The van der Waals surface area contributed by atoms with E-state index in [2.05, 4.69) is 37.1 Å². The normalized spacial score (nSPS) is 14.3. The summed E-state index contributed by atoms with van der Waals surface area (Å²) in [4.78, 5) is 41.7. The van der Waals surface area contributed by atoms with Crippen molar-refractivity contribution in [1.82, 2.24) is 15.5 Å². The Bertz CT molecular complexity index is 851.